The second-order valence-electron chi connectivity index (χ2n) is 6.61. The summed E-state index contributed by atoms with van der Waals surface area (Å²) in [4.78, 5) is 16.1. The van der Waals surface area contributed by atoms with Gasteiger partial charge >= 0.3 is 5.97 Å². The molecule has 0 amide bonds. The van der Waals surface area contributed by atoms with Gasteiger partial charge in [-0.25, -0.2) is 4.79 Å². The van der Waals surface area contributed by atoms with Crippen molar-refractivity contribution in [3.05, 3.63) is 0 Å². The van der Waals surface area contributed by atoms with Gasteiger partial charge in [-0.3, -0.25) is 9.80 Å². The Balaban J connectivity index is 1.53. The highest BCUT2D eigenvalue weighted by Crippen LogP contribution is 2.26. The van der Waals surface area contributed by atoms with Crippen molar-refractivity contribution in [2.45, 2.75) is 63.3 Å². The van der Waals surface area contributed by atoms with Crippen molar-refractivity contribution in [2.24, 2.45) is 0 Å². The first-order valence-electron chi connectivity index (χ1n) is 8.00. The summed E-state index contributed by atoms with van der Waals surface area (Å²) in [7, 11) is 0. The number of rotatable bonds is 3. The molecule has 0 spiro atoms. The number of carbonyl (C=O) groups is 1. The summed E-state index contributed by atoms with van der Waals surface area (Å²) in [5.74, 6) is -0.808. The number of hydrogen-bond donors (Lipinski definition) is 1. The van der Waals surface area contributed by atoms with E-state index >= 15 is 0 Å². The average molecular weight is 282 g/mol. The van der Waals surface area contributed by atoms with E-state index in [0.717, 1.165) is 26.1 Å². The zero-order valence-corrected chi connectivity index (χ0v) is 12.3. The third kappa shape index (κ3) is 3.00. The third-order valence-electron chi connectivity index (χ3n) is 5.14. The van der Waals surface area contributed by atoms with Crippen molar-refractivity contribution < 1.29 is 14.6 Å². The molecule has 4 unspecified atom stereocenters. The minimum Gasteiger partial charge on any atom is -0.479 e. The molecule has 3 fully saturated rings. The van der Waals surface area contributed by atoms with Crippen LogP contribution >= 0.6 is 0 Å². The highest BCUT2D eigenvalue weighted by Gasteiger charge is 2.36. The molecule has 3 heterocycles. The van der Waals surface area contributed by atoms with Crippen LogP contribution in [-0.4, -0.2) is 71.3 Å². The second-order valence-corrected chi connectivity index (χ2v) is 6.61. The molecule has 3 rings (SSSR count). The number of hydrogen-bond acceptors (Lipinski definition) is 4. The van der Waals surface area contributed by atoms with Gasteiger partial charge in [-0.05, 0) is 39.2 Å². The summed E-state index contributed by atoms with van der Waals surface area (Å²) in [6.07, 6.45) is 5.08. The number of carboxylic acids is 1. The summed E-state index contributed by atoms with van der Waals surface area (Å²) in [6.45, 7) is 6.71. The van der Waals surface area contributed by atoms with Crippen LogP contribution < -0.4 is 0 Å². The third-order valence-corrected chi connectivity index (χ3v) is 5.14. The van der Waals surface area contributed by atoms with E-state index in [1.165, 1.54) is 25.8 Å². The van der Waals surface area contributed by atoms with Crippen LogP contribution in [0.3, 0.4) is 0 Å². The van der Waals surface area contributed by atoms with Crippen LogP contribution in [0.1, 0.15) is 39.0 Å². The number of ether oxygens (including phenoxy) is 1. The van der Waals surface area contributed by atoms with Gasteiger partial charge in [0, 0.05) is 31.7 Å². The first-order valence-corrected chi connectivity index (χ1v) is 8.00. The molecule has 5 heteroatoms. The molecule has 1 N–H and O–H groups in total. The summed E-state index contributed by atoms with van der Waals surface area (Å²) in [6, 6.07) is 1.26. The zero-order chi connectivity index (χ0) is 14.1. The molecule has 0 bridgehead atoms. The summed E-state index contributed by atoms with van der Waals surface area (Å²) in [5, 5.41) is 9.00. The van der Waals surface area contributed by atoms with Gasteiger partial charge in [0.2, 0.25) is 0 Å². The molecule has 3 aliphatic rings. The van der Waals surface area contributed by atoms with Gasteiger partial charge in [0.25, 0.3) is 0 Å². The zero-order valence-electron chi connectivity index (χ0n) is 12.3. The Morgan fingerprint density at radius 1 is 1.25 bits per heavy atom. The number of piperidine rings is 1. The van der Waals surface area contributed by atoms with Crippen LogP contribution in [-0.2, 0) is 9.53 Å². The second kappa shape index (κ2) is 6.00. The van der Waals surface area contributed by atoms with Gasteiger partial charge in [0.15, 0.2) is 6.10 Å². The number of carboxylic acid groups (broad SMARTS) is 1. The molecule has 20 heavy (non-hydrogen) atoms. The van der Waals surface area contributed by atoms with Gasteiger partial charge in [0.1, 0.15) is 0 Å². The van der Waals surface area contributed by atoms with E-state index in [-0.39, 0.29) is 6.10 Å². The van der Waals surface area contributed by atoms with E-state index in [9.17, 15) is 4.79 Å². The molecule has 0 aromatic carbocycles. The molecule has 0 saturated carbocycles. The lowest BCUT2D eigenvalue weighted by Gasteiger charge is -2.48. The summed E-state index contributed by atoms with van der Waals surface area (Å²) in [5.41, 5.74) is 0. The average Bonchev–Trinajstić information content (AvgIpc) is 2.88. The van der Waals surface area contributed by atoms with E-state index in [4.69, 9.17) is 9.84 Å². The normalized spacial score (nSPS) is 39.6. The lowest BCUT2D eigenvalue weighted by atomic mass is 9.97. The fraction of sp³-hybridized carbons (Fsp3) is 0.933. The number of aliphatic carboxylic acids is 1. The number of piperazine rings is 1. The van der Waals surface area contributed by atoms with Crippen LogP contribution in [0.25, 0.3) is 0 Å². The van der Waals surface area contributed by atoms with E-state index in [2.05, 4.69) is 16.7 Å². The molecule has 0 aromatic rings. The fourth-order valence-corrected chi connectivity index (χ4v) is 3.95. The largest absolute Gasteiger partial charge is 0.479 e. The number of fused-ring (bicyclic) bond motifs is 1. The van der Waals surface area contributed by atoms with Gasteiger partial charge in [0.05, 0.1) is 6.10 Å². The van der Waals surface area contributed by atoms with Crippen LogP contribution in [0.5, 0.6) is 0 Å². The molecular formula is C15H26N2O3. The van der Waals surface area contributed by atoms with Crippen molar-refractivity contribution in [2.75, 3.05) is 26.2 Å². The van der Waals surface area contributed by atoms with Crippen molar-refractivity contribution >= 4 is 5.97 Å². The maximum atomic E-state index is 10.9. The Morgan fingerprint density at radius 3 is 2.85 bits per heavy atom. The Hall–Kier alpha value is -0.650. The first kappa shape index (κ1) is 14.3. The standard InChI is InChI=1S/C15H26N2O3/c1-11-8-16-7-3-2-4-12(16)9-17(11)10-13-5-6-14(20-13)15(18)19/h11-14H,2-10H2,1H3,(H,18,19). The Labute approximate surface area is 120 Å². The van der Waals surface area contributed by atoms with Crippen molar-refractivity contribution in [1.82, 2.24) is 9.80 Å². The van der Waals surface area contributed by atoms with Crippen LogP contribution in [0.15, 0.2) is 0 Å². The lowest BCUT2D eigenvalue weighted by Crippen LogP contribution is -2.59. The fourth-order valence-electron chi connectivity index (χ4n) is 3.95. The maximum Gasteiger partial charge on any atom is 0.332 e. The summed E-state index contributed by atoms with van der Waals surface area (Å²) < 4.78 is 5.66. The molecular weight excluding hydrogens is 256 g/mol. The highest BCUT2D eigenvalue weighted by molar-refractivity contribution is 5.72. The van der Waals surface area contributed by atoms with Crippen molar-refractivity contribution in [1.29, 1.82) is 0 Å². The Bertz CT molecular complexity index is 363. The van der Waals surface area contributed by atoms with E-state index < -0.39 is 12.1 Å². The predicted octanol–water partition coefficient (Wildman–Crippen LogP) is 1.18. The summed E-state index contributed by atoms with van der Waals surface area (Å²) >= 11 is 0. The number of nitrogens with zero attached hydrogens (tertiary/aromatic N) is 2. The van der Waals surface area contributed by atoms with Gasteiger partial charge in [-0.1, -0.05) is 6.42 Å². The molecule has 0 aromatic heterocycles. The van der Waals surface area contributed by atoms with Crippen molar-refractivity contribution in [3.63, 3.8) is 0 Å². The topological polar surface area (TPSA) is 53.0 Å². The molecule has 0 aliphatic carbocycles. The SMILES string of the molecule is CC1CN2CCCCC2CN1CC1CCC(C(=O)O)O1. The predicted molar refractivity (Wildman–Crippen MR) is 75.8 cm³/mol. The minimum absolute atomic E-state index is 0.105. The van der Waals surface area contributed by atoms with Gasteiger partial charge < -0.3 is 9.84 Å². The van der Waals surface area contributed by atoms with Gasteiger partial charge in [-0.2, -0.15) is 0 Å². The monoisotopic (exact) mass is 282 g/mol. The van der Waals surface area contributed by atoms with E-state index in [1.807, 2.05) is 0 Å². The van der Waals surface area contributed by atoms with Crippen LogP contribution in [0.4, 0.5) is 0 Å². The Kier molecular flexibility index (Phi) is 4.29. The lowest BCUT2D eigenvalue weighted by molar-refractivity contribution is -0.150. The quantitative estimate of drug-likeness (QED) is 0.842. The molecule has 3 aliphatic heterocycles. The maximum absolute atomic E-state index is 10.9. The highest BCUT2D eigenvalue weighted by atomic mass is 16.5. The van der Waals surface area contributed by atoms with E-state index in [0.29, 0.717) is 18.5 Å². The first-order chi connectivity index (χ1) is 9.63. The smallest absolute Gasteiger partial charge is 0.332 e. The van der Waals surface area contributed by atoms with Gasteiger partial charge in [-0.15, -0.1) is 0 Å². The molecule has 3 saturated heterocycles. The van der Waals surface area contributed by atoms with Crippen molar-refractivity contribution in [3.8, 4) is 0 Å². The molecule has 4 atom stereocenters. The van der Waals surface area contributed by atoms with Crippen LogP contribution in [0, 0.1) is 0 Å². The van der Waals surface area contributed by atoms with E-state index in [1.54, 1.807) is 0 Å². The van der Waals surface area contributed by atoms with Crippen LogP contribution in [0.2, 0.25) is 0 Å². The molecule has 0 radical (unpaired) electrons. The minimum atomic E-state index is -0.808. The Morgan fingerprint density at radius 2 is 2.10 bits per heavy atom. The molecule has 114 valence electrons. The molecule has 5 nitrogen and oxygen atoms in total.